The number of piperidine rings is 1. The van der Waals surface area contributed by atoms with E-state index in [4.69, 9.17) is 4.74 Å². The lowest BCUT2D eigenvalue weighted by Gasteiger charge is -2.23. The molecule has 1 aliphatic heterocycles. The number of methoxy groups -OCH3 is 1. The molecule has 1 aliphatic rings. The van der Waals surface area contributed by atoms with Crippen molar-refractivity contribution in [2.75, 3.05) is 20.2 Å². The molecule has 1 heterocycles. The standard InChI is InChI=1S/C13H17FN2O2/c1-18-10-4-5-11(12(14)7-10)13(17)16-9-3-2-6-15-8-9/h4-5,7,9,15H,2-3,6,8H2,1H3,(H,16,17)/t9-/m0/s1. The van der Waals surface area contributed by atoms with Crippen LogP contribution in [0, 0.1) is 5.82 Å². The molecule has 1 atom stereocenters. The Morgan fingerprint density at radius 2 is 2.39 bits per heavy atom. The fourth-order valence-corrected chi connectivity index (χ4v) is 2.05. The van der Waals surface area contributed by atoms with E-state index in [2.05, 4.69) is 10.6 Å². The predicted molar refractivity (Wildman–Crippen MR) is 66.3 cm³/mol. The van der Waals surface area contributed by atoms with E-state index in [0.717, 1.165) is 25.9 Å². The fraction of sp³-hybridized carbons (Fsp3) is 0.462. The van der Waals surface area contributed by atoms with E-state index < -0.39 is 5.82 Å². The molecule has 1 fully saturated rings. The van der Waals surface area contributed by atoms with E-state index in [-0.39, 0.29) is 17.5 Å². The minimum atomic E-state index is -0.560. The molecule has 0 unspecified atom stereocenters. The van der Waals surface area contributed by atoms with Gasteiger partial charge in [-0.1, -0.05) is 0 Å². The Morgan fingerprint density at radius 3 is 3.00 bits per heavy atom. The second kappa shape index (κ2) is 5.82. The lowest BCUT2D eigenvalue weighted by Crippen LogP contribution is -2.45. The second-order valence-corrected chi connectivity index (χ2v) is 4.36. The molecule has 4 nitrogen and oxygen atoms in total. The number of hydrogen-bond donors (Lipinski definition) is 2. The smallest absolute Gasteiger partial charge is 0.254 e. The molecule has 1 aromatic rings. The number of halogens is 1. The minimum Gasteiger partial charge on any atom is -0.497 e. The SMILES string of the molecule is COc1ccc(C(=O)N[C@H]2CCCNC2)c(F)c1. The molecule has 0 aromatic heterocycles. The predicted octanol–water partition coefficient (Wildman–Crippen LogP) is 1.32. The second-order valence-electron chi connectivity index (χ2n) is 4.36. The molecule has 18 heavy (non-hydrogen) atoms. The van der Waals surface area contributed by atoms with E-state index in [1.807, 2.05) is 0 Å². The van der Waals surface area contributed by atoms with Gasteiger partial charge in [0.15, 0.2) is 0 Å². The first-order valence-electron chi connectivity index (χ1n) is 6.06. The zero-order valence-electron chi connectivity index (χ0n) is 10.3. The number of nitrogens with one attached hydrogen (secondary N) is 2. The topological polar surface area (TPSA) is 50.4 Å². The lowest BCUT2D eigenvalue weighted by molar-refractivity contribution is 0.0926. The highest BCUT2D eigenvalue weighted by Gasteiger charge is 2.18. The van der Waals surface area contributed by atoms with Crippen LogP contribution in [-0.4, -0.2) is 32.1 Å². The molecule has 1 aromatic carbocycles. The Morgan fingerprint density at radius 1 is 1.56 bits per heavy atom. The van der Waals surface area contributed by atoms with Crippen molar-refractivity contribution in [3.63, 3.8) is 0 Å². The quantitative estimate of drug-likeness (QED) is 0.853. The molecule has 0 radical (unpaired) electrons. The molecule has 1 amide bonds. The maximum atomic E-state index is 13.7. The average Bonchev–Trinajstić information content (AvgIpc) is 2.39. The van der Waals surface area contributed by atoms with Gasteiger partial charge in [0.25, 0.3) is 5.91 Å². The molecule has 2 rings (SSSR count). The van der Waals surface area contributed by atoms with Crippen LogP contribution in [0.1, 0.15) is 23.2 Å². The van der Waals surface area contributed by atoms with E-state index >= 15 is 0 Å². The normalized spacial score (nSPS) is 19.3. The van der Waals surface area contributed by atoms with E-state index in [1.54, 1.807) is 6.07 Å². The van der Waals surface area contributed by atoms with Gasteiger partial charge in [-0.2, -0.15) is 0 Å². The summed E-state index contributed by atoms with van der Waals surface area (Å²) in [5.41, 5.74) is 0.0568. The molecular formula is C13H17FN2O2. The van der Waals surface area contributed by atoms with Gasteiger partial charge in [-0.15, -0.1) is 0 Å². The van der Waals surface area contributed by atoms with Crippen molar-refractivity contribution >= 4 is 5.91 Å². The molecule has 0 spiro atoms. The van der Waals surface area contributed by atoms with Crippen LogP contribution in [0.4, 0.5) is 4.39 Å². The molecule has 98 valence electrons. The number of ether oxygens (including phenoxy) is 1. The monoisotopic (exact) mass is 252 g/mol. The molecule has 0 bridgehead atoms. The van der Waals surface area contributed by atoms with Crippen molar-refractivity contribution in [2.24, 2.45) is 0 Å². The number of benzene rings is 1. The van der Waals surface area contributed by atoms with Gasteiger partial charge in [0, 0.05) is 18.7 Å². The van der Waals surface area contributed by atoms with Crippen molar-refractivity contribution in [3.8, 4) is 5.75 Å². The van der Waals surface area contributed by atoms with Crippen LogP contribution < -0.4 is 15.4 Å². The van der Waals surface area contributed by atoms with Crippen LogP contribution in [0.2, 0.25) is 0 Å². The summed E-state index contributed by atoms with van der Waals surface area (Å²) in [4.78, 5) is 11.9. The van der Waals surface area contributed by atoms with Crippen LogP contribution in [0.15, 0.2) is 18.2 Å². The van der Waals surface area contributed by atoms with Gasteiger partial charge in [-0.05, 0) is 31.5 Å². The van der Waals surface area contributed by atoms with Gasteiger partial charge in [0.1, 0.15) is 11.6 Å². The summed E-state index contributed by atoms with van der Waals surface area (Å²) < 4.78 is 18.6. The summed E-state index contributed by atoms with van der Waals surface area (Å²) in [5, 5.41) is 6.03. The van der Waals surface area contributed by atoms with Gasteiger partial charge in [-0.3, -0.25) is 4.79 Å². The van der Waals surface area contributed by atoms with Crippen LogP contribution in [-0.2, 0) is 0 Å². The first kappa shape index (κ1) is 12.8. The van der Waals surface area contributed by atoms with E-state index in [9.17, 15) is 9.18 Å². The highest BCUT2D eigenvalue weighted by molar-refractivity contribution is 5.94. The van der Waals surface area contributed by atoms with Gasteiger partial charge in [0.05, 0.1) is 12.7 Å². The zero-order valence-corrected chi connectivity index (χ0v) is 10.3. The number of hydrogen-bond acceptors (Lipinski definition) is 3. The van der Waals surface area contributed by atoms with E-state index in [0.29, 0.717) is 5.75 Å². The first-order valence-corrected chi connectivity index (χ1v) is 6.06. The Hall–Kier alpha value is -1.62. The average molecular weight is 252 g/mol. The number of rotatable bonds is 3. The summed E-state index contributed by atoms with van der Waals surface area (Å²) in [6.45, 7) is 1.72. The van der Waals surface area contributed by atoms with Crippen molar-refractivity contribution < 1.29 is 13.9 Å². The summed E-state index contributed by atoms with van der Waals surface area (Å²) in [6, 6.07) is 4.32. The molecule has 2 N–H and O–H groups in total. The number of carbonyl (C=O) groups excluding carboxylic acids is 1. The number of carbonyl (C=O) groups is 1. The molecule has 0 saturated carbocycles. The zero-order chi connectivity index (χ0) is 13.0. The maximum Gasteiger partial charge on any atom is 0.254 e. The maximum absolute atomic E-state index is 13.7. The summed E-state index contributed by atoms with van der Waals surface area (Å²) >= 11 is 0. The van der Waals surface area contributed by atoms with Crippen LogP contribution in [0.3, 0.4) is 0 Å². The summed E-state index contributed by atoms with van der Waals surface area (Å²) in [7, 11) is 1.46. The molecule has 0 aliphatic carbocycles. The molecular weight excluding hydrogens is 235 g/mol. The summed E-state index contributed by atoms with van der Waals surface area (Å²) in [5.74, 6) is -0.525. The third kappa shape index (κ3) is 2.98. The van der Waals surface area contributed by atoms with Crippen LogP contribution in [0.25, 0.3) is 0 Å². The third-order valence-corrected chi connectivity index (χ3v) is 3.05. The van der Waals surface area contributed by atoms with Crippen molar-refractivity contribution in [1.82, 2.24) is 10.6 Å². The van der Waals surface area contributed by atoms with Crippen molar-refractivity contribution in [1.29, 1.82) is 0 Å². The Labute approximate surface area is 106 Å². The molecule has 1 saturated heterocycles. The Kier molecular flexibility index (Phi) is 4.15. The highest BCUT2D eigenvalue weighted by atomic mass is 19.1. The van der Waals surface area contributed by atoms with Gasteiger partial charge in [0.2, 0.25) is 0 Å². The van der Waals surface area contributed by atoms with Crippen LogP contribution in [0.5, 0.6) is 5.75 Å². The third-order valence-electron chi connectivity index (χ3n) is 3.05. The van der Waals surface area contributed by atoms with E-state index in [1.165, 1.54) is 19.2 Å². The summed E-state index contributed by atoms with van der Waals surface area (Å²) in [6.07, 6.45) is 1.95. The van der Waals surface area contributed by atoms with Crippen molar-refractivity contribution in [2.45, 2.75) is 18.9 Å². The first-order chi connectivity index (χ1) is 8.70. The van der Waals surface area contributed by atoms with Gasteiger partial charge in [-0.25, -0.2) is 4.39 Å². The highest BCUT2D eigenvalue weighted by Crippen LogP contribution is 2.16. The largest absolute Gasteiger partial charge is 0.497 e. The van der Waals surface area contributed by atoms with Gasteiger partial charge < -0.3 is 15.4 Å². The van der Waals surface area contributed by atoms with Crippen molar-refractivity contribution in [3.05, 3.63) is 29.6 Å². The Balaban J connectivity index is 2.03. The van der Waals surface area contributed by atoms with Crippen LogP contribution >= 0.6 is 0 Å². The van der Waals surface area contributed by atoms with Gasteiger partial charge >= 0.3 is 0 Å². The molecule has 5 heteroatoms. The minimum absolute atomic E-state index is 0.0568. The lowest BCUT2D eigenvalue weighted by atomic mass is 10.1. The fourth-order valence-electron chi connectivity index (χ4n) is 2.05. The Bertz CT molecular complexity index is 431. The number of amides is 1.